The SMILES string of the molecule is C=CC(=O)N1CCCC(C(Nc2ccc(NC(=O)c3cccc(-c4ccn[nH]4)n3)nc2)C(F)(F)F)C1. The number of carbonyl (C=O) groups is 2. The third kappa shape index (κ3) is 5.88. The van der Waals surface area contributed by atoms with Crippen molar-refractivity contribution in [3.63, 3.8) is 0 Å². The molecule has 0 spiro atoms. The summed E-state index contributed by atoms with van der Waals surface area (Å²) in [6.07, 6.45) is 0.152. The molecule has 0 aliphatic carbocycles. The van der Waals surface area contributed by atoms with Crippen LogP contribution in [0.4, 0.5) is 24.7 Å². The highest BCUT2D eigenvalue weighted by atomic mass is 19.4. The summed E-state index contributed by atoms with van der Waals surface area (Å²) in [6, 6.07) is 7.59. The number of pyridine rings is 2. The van der Waals surface area contributed by atoms with Crippen LogP contribution in [0.3, 0.4) is 0 Å². The van der Waals surface area contributed by atoms with E-state index in [0.717, 1.165) is 6.08 Å². The fraction of sp³-hybridized carbons (Fsp3) is 0.292. The molecule has 3 N–H and O–H groups in total. The first-order chi connectivity index (χ1) is 17.2. The molecule has 4 rings (SSSR count). The van der Waals surface area contributed by atoms with Crippen LogP contribution in [0.1, 0.15) is 23.3 Å². The van der Waals surface area contributed by atoms with Gasteiger partial charge < -0.3 is 15.5 Å². The summed E-state index contributed by atoms with van der Waals surface area (Å²) in [5, 5.41) is 11.7. The zero-order chi connectivity index (χ0) is 25.7. The van der Waals surface area contributed by atoms with Crippen molar-refractivity contribution in [1.82, 2.24) is 25.1 Å². The second kappa shape index (κ2) is 10.6. The van der Waals surface area contributed by atoms with Crippen molar-refractivity contribution in [3.05, 3.63) is 67.1 Å². The molecule has 36 heavy (non-hydrogen) atoms. The Morgan fingerprint density at radius 3 is 2.72 bits per heavy atom. The van der Waals surface area contributed by atoms with Crippen LogP contribution >= 0.6 is 0 Å². The summed E-state index contributed by atoms with van der Waals surface area (Å²) >= 11 is 0. The first kappa shape index (κ1) is 24.9. The van der Waals surface area contributed by atoms with Crippen molar-refractivity contribution in [2.45, 2.75) is 25.1 Å². The van der Waals surface area contributed by atoms with Crippen LogP contribution in [0.2, 0.25) is 0 Å². The number of piperidine rings is 1. The van der Waals surface area contributed by atoms with E-state index in [-0.39, 0.29) is 29.7 Å². The van der Waals surface area contributed by atoms with E-state index in [1.807, 2.05) is 0 Å². The van der Waals surface area contributed by atoms with Gasteiger partial charge in [-0.1, -0.05) is 12.6 Å². The Bertz CT molecular complexity index is 1210. The number of H-pyrrole nitrogens is 1. The van der Waals surface area contributed by atoms with E-state index in [1.165, 1.54) is 29.3 Å². The molecule has 1 aliphatic rings. The molecule has 9 nitrogen and oxygen atoms in total. The molecule has 0 radical (unpaired) electrons. The maximum absolute atomic E-state index is 13.9. The largest absolute Gasteiger partial charge is 0.408 e. The van der Waals surface area contributed by atoms with Gasteiger partial charge in [0.05, 0.1) is 23.3 Å². The van der Waals surface area contributed by atoms with E-state index in [4.69, 9.17) is 0 Å². The maximum Gasteiger partial charge on any atom is 0.408 e. The van der Waals surface area contributed by atoms with Gasteiger partial charge in [-0.2, -0.15) is 18.3 Å². The number of anilines is 2. The molecule has 12 heteroatoms. The number of nitrogens with one attached hydrogen (secondary N) is 3. The molecular formula is C24H24F3N7O2. The third-order valence-corrected chi connectivity index (χ3v) is 5.85. The van der Waals surface area contributed by atoms with Gasteiger partial charge in [0.15, 0.2) is 0 Å². The van der Waals surface area contributed by atoms with Gasteiger partial charge in [0.1, 0.15) is 17.6 Å². The molecular weight excluding hydrogens is 475 g/mol. The van der Waals surface area contributed by atoms with Crippen molar-refractivity contribution < 1.29 is 22.8 Å². The highest BCUT2D eigenvalue weighted by molar-refractivity contribution is 6.02. The molecule has 2 amide bonds. The Morgan fingerprint density at radius 2 is 2.06 bits per heavy atom. The van der Waals surface area contributed by atoms with Gasteiger partial charge in [-0.3, -0.25) is 14.7 Å². The molecule has 2 atom stereocenters. The normalized spacial score (nSPS) is 16.8. The molecule has 1 aliphatic heterocycles. The minimum atomic E-state index is -4.54. The average molecular weight is 499 g/mol. The maximum atomic E-state index is 13.9. The molecule has 0 bridgehead atoms. The Balaban J connectivity index is 1.43. The second-order valence-corrected chi connectivity index (χ2v) is 8.32. The smallest absolute Gasteiger partial charge is 0.372 e. The van der Waals surface area contributed by atoms with Crippen LogP contribution in [0, 0.1) is 5.92 Å². The first-order valence-corrected chi connectivity index (χ1v) is 11.2. The number of nitrogens with zero attached hydrogens (tertiary/aromatic N) is 4. The molecule has 188 valence electrons. The standard InChI is InChI=1S/C24H24F3N7O2/c1-2-21(35)34-12-4-5-15(14-34)22(24(25,26)27)30-16-8-9-20(28-13-16)32-23(36)19-7-3-6-17(31-19)18-10-11-29-33-18/h2-3,6-11,13,15,22,30H,1,4-5,12,14H2,(H,29,33)(H,28,32,36). The first-order valence-electron chi connectivity index (χ1n) is 11.2. The number of rotatable bonds is 7. The number of likely N-dealkylation sites (tertiary alicyclic amines) is 1. The number of hydrogen-bond acceptors (Lipinski definition) is 6. The van der Waals surface area contributed by atoms with Crippen molar-refractivity contribution in [3.8, 4) is 11.4 Å². The number of aromatic amines is 1. The van der Waals surface area contributed by atoms with Gasteiger partial charge >= 0.3 is 6.18 Å². The molecule has 3 aromatic rings. The summed E-state index contributed by atoms with van der Waals surface area (Å²) in [6.45, 7) is 3.80. The summed E-state index contributed by atoms with van der Waals surface area (Å²) in [4.78, 5) is 34.2. The zero-order valence-electron chi connectivity index (χ0n) is 19.1. The van der Waals surface area contributed by atoms with Crippen molar-refractivity contribution >= 4 is 23.3 Å². The van der Waals surface area contributed by atoms with Crippen LogP contribution in [0.15, 0.2) is 61.4 Å². The van der Waals surface area contributed by atoms with Gasteiger partial charge in [-0.25, -0.2) is 9.97 Å². The van der Waals surface area contributed by atoms with E-state index in [9.17, 15) is 22.8 Å². The van der Waals surface area contributed by atoms with Crippen LogP contribution in [0.5, 0.6) is 0 Å². The lowest BCUT2D eigenvalue weighted by Gasteiger charge is -2.37. The molecule has 2 unspecified atom stereocenters. The van der Waals surface area contributed by atoms with E-state index >= 15 is 0 Å². The molecule has 1 saturated heterocycles. The Morgan fingerprint density at radius 1 is 1.22 bits per heavy atom. The number of aromatic nitrogens is 4. The number of halogens is 3. The Hall–Kier alpha value is -4.22. The van der Waals surface area contributed by atoms with Crippen LogP contribution < -0.4 is 10.6 Å². The molecule has 3 aromatic heterocycles. The van der Waals surface area contributed by atoms with Crippen molar-refractivity contribution in [2.75, 3.05) is 23.7 Å². The van der Waals surface area contributed by atoms with E-state index < -0.39 is 24.0 Å². The molecule has 1 fully saturated rings. The predicted molar refractivity (Wildman–Crippen MR) is 127 cm³/mol. The number of amides is 2. The lowest BCUT2D eigenvalue weighted by molar-refractivity contribution is -0.159. The molecule has 0 aromatic carbocycles. The van der Waals surface area contributed by atoms with Gasteiger partial charge in [-0.15, -0.1) is 0 Å². The number of carbonyl (C=O) groups excluding carboxylic acids is 2. The lowest BCUT2D eigenvalue weighted by Crippen LogP contribution is -2.50. The summed E-state index contributed by atoms with van der Waals surface area (Å²) in [5.74, 6) is -1.57. The van der Waals surface area contributed by atoms with Crippen LogP contribution in [-0.2, 0) is 4.79 Å². The fourth-order valence-electron chi connectivity index (χ4n) is 4.10. The summed E-state index contributed by atoms with van der Waals surface area (Å²) < 4.78 is 41.7. The quantitative estimate of drug-likeness (QED) is 0.425. The van der Waals surface area contributed by atoms with Crippen LogP contribution in [-0.4, -0.2) is 62.2 Å². The van der Waals surface area contributed by atoms with E-state index in [0.29, 0.717) is 30.8 Å². The highest BCUT2D eigenvalue weighted by Gasteiger charge is 2.46. The molecule has 4 heterocycles. The van der Waals surface area contributed by atoms with Crippen molar-refractivity contribution in [1.29, 1.82) is 0 Å². The highest BCUT2D eigenvalue weighted by Crippen LogP contribution is 2.33. The number of hydrogen-bond donors (Lipinski definition) is 3. The molecule has 0 saturated carbocycles. The predicted octanol–water partition coefficient (Wildman–Crippen LogP) is 3.89. The van der Waals surface area contributed by atoms with Gasteiger partial charge in [0.25, 0.3) is 5.91 Å². The summed E-state index contributed by atoms with van der Waals surface area (Å²) in [5.41, 5.74) is 1.45. The fourth-order valence-corrected chi connectivity index (χ4v) is 4.10. The van der Waals surface area contributed by atoms with Gasteiger partial charge in [-0.05, 0) is 49.2 Å². The van der Waals surface area contributed by atoms with Gasteiger partial charge in [0.2, 0.25) is 5.91 Å². The topological polar surface area (TPSA) is 116 Å². The number of alkyl halides is 3. The Kier molecular flexibility index (Phi) is 7.32. The average Bonchev–Trinajstić information content (AvgIpc) is 3.42. The van der Waals surface area contributed by atoms with Gasteiger partial charge in [0, 0.05) is 25.2 Å². The zero-order valence-corrected chi connectivity index (χ0v) is 19.1. The van der Waals surface area contributed by atoms with E-state index in [2.05, 4.69) is 37.4 Å². The third-order valence-electron chi connectivity index (χ3n) is 5.85. The Labute approximate surface area is 204 Å². The minimum absolute atomic E-state index is 0.0196. The lowest BCUT2D eigenvalue weighted by atomic mass is 9.90. The van der Waals surface area contributed by atoms with Crippen LogP contribution in [0.25, 0.3) is 11.4 Å². The monoisotopic (exact) mass is 499 g/mol. The summed E-state index contributed by atoms with van der Waals surface area (Å²) in [7, 11) is 0. The van der Waals surface area contributed by atoms with E-state index in [1.54, 1.807) is 24.4 Å². The van der Waals surface area contributed by atoms with Crippen molar-refractivity contribution in [2.24, 2.45) is 5.92 Å². The minimum Gasteiger partial charge on any atom is -0.372 e. The second-order valence-electron chi connectivity index (χ2n) is 8.32.